The zero-order valence-corrected chi connectivity index (χ0v) is 6.60. The third-order valence-corrected chi connectivity index (χ3v) is 2.86. The molecule has 2 fully saturated rings. The second-order valence-corrected chi connectivity index (χ2v) is 3.58. The molecule has 1 N–H and O–H groups in total. The van der Waals surface area contributed by atoms with Crippen LogP contribution in [0.25, 0.3) is 0 Å². The van der Waals surface area contributed by atoms with Gasteiger partial charge in [-0.15, -0.1) is 0 Å². The van der Waals surface area contributed by atoms with Gasteiger partial charge in [0.2, 0.25) is 0 Å². The standard InChI is InChI=1S/C9H13NO/c11-6-8-5-7-3-1-2-4-9(7)10-8/h7,9-10H,1-5H2/t7-,9-/m0/s1. The summed E-state index contributed by atoms with van der Waals surface area (Å²) in [6.07, 6.45) is 6.15. The number of fused-ring (bicyclic) bond motifs is 1. The van der Waals surface area contributed by atoms with E-state index in [0.717, 1.165) is 18.0 Å². The lowest BCUT2D eigenvalue weighted by Gasteiger charge is -2.23. The monoisotopic (exact) mass is 151 g/mol. The minimum Gasteiger partial charge on any atom is -0.376 e. The van der Waals surface area contributed by atoms with E-state index in [4.69, 9.17) is 0 Å². The van der Waals surface area contributed by atoms with Crippen molar-refractivity contribution in [3.05, 3.63) is 5.70 Å². The maximum Gasteiger partial charge on any atom is 0.145 e. The van der Waals surface area contributed by atoms with E-state index in [0.29, 0.717) is 6.04 Å². The molecule has 1 heterocycles. The molecular weight excluding hydrogens is 138 g/mol. The molecule has 1 saturated heterocycles. The van der Waals surface area contributed by atoms with Gasteiger partial charge in [-0.05, 0) is 18.8 Å². The minimum absolute atomic E-state index is 0.597. The van der Waals surface area contributed by atoms with Crippen LogP contribution < -0.4 is 5.32 Å². The molecule has 2 nitrogen and oxygen atoms in total. The maximum atomic E-state index is 10.3. The predicted octanol–water partition coefficient (Wildman–Crippen LogP) is 1.25. The summed E-state index contributed by atoms with van der Waals surface area (Å²) in [4.78, 5) is 10.3. The highest BCUT2D eigenvalue weighted by atomic mass is 16.1. The third-order valence-electron chi connectivity index (χ3n) is 2.86. The number of carbonyl (C=O) groups excluding carboxylic acids is 1. The summed E-state index contributed by atoms with van der Waals surface area (Å²) in [6.45, 7) is 0. The van der Waals surface area contributed by atoms with Crippen molar-refractivity contribution in [3.8, 4) is 0 Å². The van der Waals surface area contributed by atoms with Gasteiger partial charge in [0.05, 0.1) is 5.70 Å². The van der Waals surface area contributed by atoms with E-state index in [9.17, 15) is 4.79 Å². The molecule has 0 aromatic carbocycles. The summed E-state index contributed by atoms with van der Waals surface area (Å²) >= 11 is 0. The Labute approximate surface area is 66.7 Å². The predicted molar refractivity (Wildman–Crippen MR) is 42.7 cm³/mol. The molecule has 11 heavy (non-hydrogen) atoms. The van der Waals surface area contributed by atoms with Crippen LogP contribution >= 0.6 is 0 Å². The number of nitrogens with one attached hydrogen (secondary N) is 1. The highest BCUT2D eigenvalue weighted by molar-refractivity contribution is 5.52. The summed E-state index contributed by atoms with van der Waals surface area (Å²) in [5.74, 6) is 2.71. The molecule has 1 aliphatic carbocycles. The van der Waals surface area contributed by atoms with Gasteiger partial charge in [0.15, 0.2) is 0 Å². The first kappa shape index (κ1) is 6.93. The molecule has 0 spiro atoms. The molecule has 2 heteroatoms. The van der Waals surface area contributed by atoms with Crippen LogP contribution in [0.4, 0.5) is 0 Å². The molecule has 0 unspecified atom stereocenters. The molecule has 1 saturated carbocycles. The molecule has 1 aliphatic heterocycles. The Hall–Kier alpha value is -0.750. The number of allylic oxidation sites excluding steroid dienone is 1. The Morgan fingerprint density at radius 3 is 2.91 bits per heavy atom. The van der Waals surface area contributed by atoms with Crippen molar-refractivity contribution in [1.29, 1.82) is 0 Å². The van der Waals surface area contributed by atoms with E-state index < -0.39 is 0 Å². The lowest BCUT2D eigenvalue weighted by Crippen LogP contribution is -2.28. The average molecular weight is 151 g/mol. The Morgan fingerprint density at radius 1 is 1.36 bits per heavy atom. The van der Waals surface area contributed by atoms with Gasteiger partial charge in [0, 0.05) is 12.5 Å². The number of hydrogen-bond donors (Lipinski definition) is 1. The normalized spacial score (nSPS) is 35.8. The molecule has 0 aromatic heterocycles. The molecule has 0 radical (unpaired) electrons. The molecule has 0 amide bonds. The first-order chi connectivity index (χ1) is 5.40. The topological polar surface area (TPSA) is 29.1 Å². The maximum absolute atomic E-state index is 10.3. The SMILES string of the molecule is O=C=C1C[C@@H]2CCCC[C@@H]2N1. The van der Waals surface area contributed by atoms with E-state index in [-0.39, 0.29) is 0 Å². The van der Waals surface area contributed by atoms with Crippen LogP contribution in [0, 0.1) is 5.92 Å². The molecule has 2 aliphatic rings. The van der Waals surface area contributed by atoms with Crippen LogP contribution in [-0.4, -0.2) is 12.0 Å². The zero-order valence-electron chi connectivity index (χ0n) is 6.60. The van der Waals surface area contributed by atoms with Crippen LogP contribution in [0.15, 0.2) is 5.70 Å². The Balaban J connectivity index is 2.09. The number of rotatable bonds is 0. The van der Waals surface area contributed by atoms with Crippen LogP contribution in [0.1, 0.15) is 32.1 Å². The highest BCUT2D eigenvalue weighted by Gasteiger charge is 2.32. The summed E-state index contributed by atoms with van der Waals surface area (Å²) < 4.78 is 0. The van der Waals surface area contributed by atoms with Gasteiger partial charge in [-0.25, -0.2) is 4.79 Å². The largest absolute Gasteiger partial charge is 0.376 e. The summed E-state index contributed by atoms with van der Waals surface area (Å²) in [5, 5.41) is 3.24. The molecule has 2 rings (SSSR count). The molecular formula is C9H13NO. The molecule has 0 aromatic rings. The molecule has 0 bridgehead atoms. The molecule has 2 atom stereocenters. The van der Waals surface area contributed by atoms with Gasteiger partial charge in [-0.3, -0.25) is 0 Å². The smallest absolute Gasteiger partial charge is 0.145 e. The van der Waals surface area contributed by atoms with E-state index in [2.05, 4.69) is 5.32 Å². The van der Waals surface area contributed by atoms with Crippen LogP contribution in [0.2, 0.25) is 0 Å². The second kappa shape index (κ2) is 2.71. The average Bonchev–Trinajstić information content (AvgIpc) is 2.46. The van der Waals surface area contributed by atoms with E-state index >= 15 is 0 Å². The van der Waals surface area contributed by atoms with Crippen molar-refractivity contribution < 1.29 is 4.79 Å². The second-order valence-electron chi connectivity index (χ2n) is 3.58. The highest BCUT2D eigenvalue weighted by Crippen LogP contribution is 2.33. The van der Waals surface area contributed by atoms with Gasteiger partial charge in [0.1, 0.15) is 5.94 Å². The van der Waals surface area contributed by atoms with Crippen molar-refractivity contribution in [2.75, 3.05) is 0 Å². The van der Waals surface area contributed by atoms with Crippen molar-refractivity contribution in [2.45, 2.75) is 38.1 Å². The molecule has 60 valence electrons. The fourth-order valence-electron chi connectivity index (χ4n) is 2.26. The Morgan fingerprint density at radius 2 is 2.18 bits per heavy atom. The zero-order chi connectivity index (χ0) is 7.68. The van der Waals surface area contributed by atoms with E-state index in [1.165, 1.54) is 25.7 Å². The van der Waals surface area contributed by atoms with Gasteiger partial charge in [-0.2, -0.15) is 0 Å². The lowest BCUT2D eigenvalue weighted by atomic mass is 9.85. The summed E-state index contributed by atoms with van der Waals surface area (Å²) in [6, 6.07) is 0.597. The summed E-state index contributed by atoms with van der Waals surface area (Å²) in [7, 11) is 0. The van der Waals surface area contributed by atoms with Crippen molar-refractivity contribution in [3.63, 3.8) is 0 Å². The van der Waals surface area contributed by atoms with Crippen molar-refractivity contribution in [2.24, 2.45) is 5.92 Å². The Bertz CT molecular complexity index is 190. The lowest BCUT2D eigenvalue weighted by molar-refractivity contribution is 0.326. The van der Waals surface area contributed by atoms with Crippen LogP contribution in [-0.2, 0) is 4.79 Å². The fourth-order valence-corrected chi connectivity index (χ4v) is 2.26. The first-order valence-corrected chi connectivity index (χ1v) is 4.40. The van der Waals surface area contributed by atoms with E-state index in [1.54, 1.807) is 0 Å². The van der Waals surface area contributed by atoms with Crippen molar-refractivity contribution >= 4 is 5.94 Å². The van der Waals surface area contributed by atoms with E-state index in [1.807, 2.05) is 5.94 Å². The quantitative estimate of drug-likeness (QED) is 0.528. The fraction of sp³-hybridized carbons (Fsp3) is 0.778. The van der Waals surface area contributed by atoms with Gasteiger partial charge < -0.3 is 5.32 Å². The third kappa shape index (κ3) is 1.19. The van der Waals surface area contributed by atoms with Crippen molar-refractivity contribution in [1.82, 2.24) is 5.32 Å². The first-order valence-electron chi connectivity index (χ1n) is 4.40. The number of hydrogen-bond acceptors (Lipinski definition) is 2. The van der Waals surface area contributed by atoms with Crippen LogP contribution in [0.3, 0.4) is 0 Å². The van der Waals surface area contributed by atoms with Gasteiger partial charge in [-0.1, -0.05) is 12.8 Å². The Kier molecular flexibility index (Phi) is 1.71. The summed E-state index contributed by atoms with van der Waals surface area (Å²) in [5.41, 5.74) is 0.807. The van der Waals surface area contributed by atoms with Crippen LogP contribution in [0.5, 0.6) is 0 Å². The van der Waals surface area contributed by atoms with Gasteiger partial charge in [0.25, 0.3) is 0 Å². The minimum atomic E-state index is 0.597. The van der Waals surface area contributed by atoms with Gasteiger partial charge >= 0.3 is 0 Å².